The summed E-state index contributed by atoms with van der Waals surface area (Å²) in [5.41, 5.74) is 5.99. The molecule has 0 aliphatic heterocycles. The maximum atomic E-state index is 12.7. The lowest BCUT2D eigenvalue weighted by atomic mass is 9.63. The van der Waals surface area contributed by atoms with Crippen LogP contribution in [-0.2, 0) is 0 Å². The van der Waals surface area contributed by atoms with Crippen molar-refractivity contribution in [3.8, 4) is 0 Å². The van der Waals surface area contributed by atoms with Gasteiger partial charge in [0.1, 0.15) is 11.5 Å². The van der Waals surface area contributed by atoms with Crippen LogP contribution < -0.4 is 11.1 Å². The summed E-state index contributed by atoms with van der Waals surface area (Å²) in [7, 11) is 0. The van der Waals surface area contributed by atoms with Gasteiger partial charge in [0.15, 0.2) is 0 Å². The second-order valence-electron chi connectivity index (χ2n) is 5.05. The molecule has 1 fully saturated rings. The van der Waals surface area contributed by atoms with Gasteiger partial charge in [-0.25, -0.2) is 9.37 Å². The van der Waals surface area contributed by atoms with Gasteiger partial charge in [-0.05, 0) is 18.6 Å². The molecular formula is C12H16FN3O. The van der Waals surface area contributed by atoms with Gasteiger partial charge < -0.3 is 11.1 Å². The van der Waals surface area contributed by atoms with Gasteiger partial charge in [0, 0.05) is 17.5 Å². The van der Waals surface area contributed by atoms with Gasteiger partial charge in [-0.1, -0.05) is 13.8 Å². The van der Waals surface area contributed by atoms with E-state index < -0.39 is 5.82 Å². The van der Waals surface area contributed by atoms with E-state index in [1.807, 2.05) is 13.8 Å². The van der Waals surface area contributed by atoms with E-state index in [2.05, 4.69) is 10.3 Å². The highest BCUT2D eigenvalue weighted by Crippen LogP contribution is 2.39. The summed E-state index contributed by atoms with van der Waals surface area (Å²) < 4.78 is 12.7. The third-order valence-electron chi connectivity index (χ3n) is 3.61. The maximum absolute atomic E-state index is 12.7. The Labute approximate surface area is 99.4 Å². The Morgan fingerprint density at radius 2 is 2.29 bits per heavy atom. The number of carbonyl (C=O) groups is 1. The van der Waals surface area contributed by atoms with E-state index in [9.17, 15) is 9.18 Å². The number of aromatic nitrogens is 1. The van der Waals surface area contributed by atoms with Crippen molar-refractivity contribution >= 4 is 5.91 Å². The molecule has 0 radical (unpaired) electrons. The molecule has 1 saturated carbocycles. The fourth-order valence-electron chi connectivity index (χ4n) is 1.95. The molecule has 0 bridgehead atoms. The summed E-state index contributed by atoms with van der Waals surface area (Å²) >= 11 is 0. The Morgan fingerprint density at radius 3 is 2.76 bits per heavy atom. The first kappa shape index (κ1) is 12.0. The Morgan fingerprint density at radius 1 is 1.59 bits per heavy atom. The molecule has 2 atom stereocenters. The lowest BCUT2D eigenvalue weighted by molar-refractivity contribution is 0.0583. The molecule has 1 aromatic rings. The second kappa shape index (κ2) is 4.07. The smallest absolute Gasteiger partial charge is 0.270 e. The number of hydrogen-bond acceptors (Lipinski definition) is 3. The Hall–Kier alpha value is -1.49. The number of amides is 1. The van der Waals surface area contributed by atoms with Crippen molar-refractivity contribution < 1.29 is 9.18 Å². The molecule has 4 nitrogen and oxygen atoms in total. The van der Waals surface area contributed by atoms with Crippen LogP contribution in [0.3, 0.4) is 0 Å². The molecule has 0 aromatic carbocycles. The molecule has 1 aromatic heterocycles. The minimum absolute atomic E-state index is 0.0526. The fourth-order valence-corrected chi connectivity index (χ4v) is 1.95. The van der Waals surface area contributed by atoms with Gasteiger partial charge in [0.25, 0.3) is 5.91 Å². The highest BCUT2D eigenvalue weighted by molar-refractivity contribution is 5.92. The van der Waals surface area contributed by atoms with Crippen molar-refractivity contribution in [3.05, 3.63) is 29.8 Å². The highest BCUT2D eigenvalue weighted by Gasteiger charge is 2.46. The minimum atomic E-state index is -0.451. The first-order valence-electron chi connectivity index (χ1n) is 5.59. The molecule has 2 unspecified atom stereocenters. The third-order valence-corrected chi connectivity index (χ3v) is 3.61. The topological polar surface area (TPSA) is 68.0 Å². The lowest BCUT2D eigenvalue weighted by Gasteiger charge is -2.50. The predicted octanol–water partition coefficient (Wildman–Crippen LogP) is 1.08. The number of halogens is 1. The van der Waals surface area contributed by atoms with E-state index in [-0.39, 0.29) is 29.1 Å². The van der Waals surface area contributed by atoms with Gasteiger partial charge in [-0.3, -0.25) is 4.79 Å². The van der Waals surface area contributed by atoms with E-state index in [4.69, 9.17) is 5.73 Å². The SMILES string of the molecule is CC1(C)C(N)CC1NC(=O)c1ccc(F)cn1. The summed E-state index contributed by atoms with van der Waals surface area (Å²) in [4.78, 5) is 15.6. The molecule has 2 rings (SSSR count). The number of nitrogens with zero attached hydrogens (tertiary/aromatic N) is 1. The zero-order valence-electron chi connectivity index (χ0n) is 9.90. The number of nitrogens with one attached hydrogen (secondary N) is 1. The van der Waals surface area contributed by atoms with Crippen LogP contribution in [0.2, 0.25) is 0 Å². The highest BCUT2D eigenvalue weighted by atomic mass is 19.1. The third kappa shape index (κ3) is 2.15. The number of rotatable bonds is 2. The van der Waals surface area contributed by atoms with E-state index in [1.165, 1.54) is 12.1 Å². The minimum Gasteiger partial charge on any atom is -0.347 e. The van der Waals surface area contributed by atoms with Crippen LogP contribution in [-0.4, -0.2) is 23.0 Å². The van der Waals surface area contributed by atoms with Crippen LogP contribution >= 0.6 is 0 Å². The molecule has 17 heavy (non-hydrogen) atoms. The lowest BCUT2D eigenvalue weighted by Crippen LogP contribution is -2.64. The molecule has 1 aliphatic rings. The van der Waals surface area contributed by atoms with Gasteiger partial charge in [0.2, 0.25) is 0 Å². The molecule has 1 aliphatic carbocycles. The van der Waals surface area contributed by atoms with E-state index in [0.717, 1.165) is 12.6 Å². The van der Waals surface area contributed by atoms with Crippen molar-refractivity contribution in [2.24, 2.45) is 11.1 Å². The van der Waals surface area contributed by atoms with Gasteiger partial charge >= 0.3 is 0 Å². The average Bonchev–Trinajstić information content (AvgIpc) is 2.29. The molecule has 92 valence electrons. The standard InChI is InChI=1S/C12H16FN3O/c1-12(2)9(14)5-10(12)16-11(17)8-4-3-7(13)6-15-8/h3-4,6,9-10H,5,14H2,1-2H3,(H,16,17). The summed E-state index contributed by atoms with van der Waals surface area (Å²) in [6, 6.07) is 2.75. The largest absolute Gasteiger partial charge is 0.347 e. The van der Waals surface area contributed by atoms with Crippen molar-refractivity contribution in [3.63, 3.8) is 0 Å². The zero-order chi connectivity index (χ0) is 12.6. The summed E-state index contributed by atoms with van der Waals surface area (Å²) in [5.74, 6) is -0.734. The molecule has 1 heterocycles. The Balaban J connectivity index is 2.01. The number of nitrogens with two attached hydrogens (primary N) is 1. The monoisotopic (exact) mass is 237 g/mol. The van der Waals surface area contributed by atoms with Gasteiger partial charge in [-0.15, -0.1) is 0 Å². The fraction of sp³-hybridized carbons (Fsp3) is 0.500. The van der Waals surface area contributed by atoms with Crippen molar-refractivity contribution in [1.82, 2.24) is 10.3 Å². The van der Waals surface area contributed by atoms with E-state index >= 15 is 0 Å². The average molecular weight is 237 g/mol. The second-order valence-corrected chi connectivity index (χ2v) is 5.05. The van der Waals surface area contributed by atoms with Crippen LogP contribution in [0.5, 0.6) is 0 Å². The summed E-state index contributed by atoms with van der Waals surface area (Å²) in [6.07, 6.45) is 1.80. The number of carbonyl (C=O) groups excluding carboxylic acids is 1. The molecule has 0 saturated heterocycles. The Bertz CT molecular complexity index is 430. The first-order chi connectivity index (χ1) is 7.91. The van der Waals surface area contributed by atoms with Crippen molar-refractivity contribution in [2.75, 3.05) is 0 Å². The van der Waals surface area contributed by atoms with Crippen molar-refractivity contribution in [1.29, 1.82) is 0 Å². The quantitative estimate of drug-likeness (QED) is 0.808. The van der Waals surface area contributed by atoms with E-state index in [0.29, 0.717) is 0 Å². The zero-order valence-corrected chi connectivity index (χ0v) is 9.90. The molecule has 5 heteroatoms. The number of pyridine rings is 1. The van der Waals surface area contributed by atoms with Crippen LogP contribution in [0.4, 0.5) is 4.39 Å². The maximum Gasteiger partial charge on any atom is 0.270 e. The summed E-state index contributed by atoms with van der Waals surface area (Å²) in [6.45, 7) is 4.04. The van der Waals surface area contributed by atoms with Crippen LogP contribution in [0, 0.1) is 11.2 Å². The van der Waals surface area contributed by atoms with Crippen molar-refractivity contribution in [2.45, 2.75) is 32.4 Å². The summed E-state index contributed by atoms with van der Waals surface area (Å²) in [5, 5.41) is 2.87. The normalized spacial score (nSPS) is 26.1. The predicted molar refractivity (Wildman–Crippen MR) is 61.8 cm³/mol. The molecule has 0 spiro atoms. The number of hydrogen-bond donors (Lipinski definition) is 2. The van der Waals surface area contributed by atoms with Gasteiger partial charge in [-0.2, -0.15) is 0 Å². The Kier molecular flexibility index (Phi) is 2.87. The van der Waals surface area contributed by atoms with Crippen LogP contribution in [0.1, 0.15) is 30.8 Å². The van der Waals surface area contributed by atoms with Crippen LogP contribution in [0.15, 0.2) is 18.3 Å². The molecule has 3 N–H and O–H groups in total. The van der Waals surface area contributed by atoms with Gasteiger partial charge in [0.05, 0.1) is 6.20 Å². The molecule has 1 amide bonds. The van der Waals surface area contributed by atoms with E-state index in [1.54, 1.807) is 0 Å². The molecular weight excluding hydrogens is 221 g/mol. The van der Waals surface area contributed by atoms with Crippen LogP contribution in [0.25, 0.3) is 0 Å². The first-order valence-corrected chi connectivity index (χ1v) is 5.59.